The Morgan fingerprint density at radius 2 is 2.07 bits per heavy atom. The molecule has 142 valence electrons. The van der Waals surface area contributed by atoms with Crippen molar-refractivity contribution < 1.29 is 14.3 Å². The van der Waals surface area contributed by atoms with Crippen molar-refractivity contribution >= 4 is 40.3 Å². The lowest BCUT2D eigenvalue weighted by Crippen LogP contribution is -2.48. The Kier molecular flexibility index (Phi) is 6.26. The molecule has 1 aromatic carbocycles. The maximum absolute atomic E-state index is 12.9. The number of carbonyl (C=O) groups excluding carboxylic acids is 1. The standard InChI is InChI=1S/C20H22N2O3S2/c1-13-6-4-7-15(12-13)22-14(2)17(19(23)25-10-9-24-3)18(21-20(22)26)16-8-5-11-27-16/h4-8,11-12,18H,9-10H2,1-3H3,(H,21,26)/t18-/m1/s1. The fraction of sp³-hybridized carbons (Fsp3) is 0.300. The average Bonchev–Trinajstić information content (AvgIpc) is 3.16. The minimum atomic E-state index is -0.365. The van der Waals surface area contributed by atoms with Crippen LogP contribution in [0.25, 0.3) is 0 Å². The lowest BCUT2D eigenvalue weighted by Gasteiger charge is -2.37. The molecule has 2 aromatic rings. The zero-order valence-electron chi connectivity index (χ0n) is 15.5. The van der Waals surface area contributed by atoms with E-state index in [-0.39, 0.29) is 18.6 Å². The summed E-state index contributed by atoms with van der Waals surface area (Å²) in [5.74, 6) is -0.365. The van der Waals surface area contributed by atoms with Crippen LogP contribution in [0, 0.1) is 6.92 Å². The maximum Gasteiger partial charge on any atom is 0.338 e. The quantitative estimate of drug-likeness (QED) is 0.448. The van der Waals surface area contributed by atoms with Crippen LogP contribution in [-0.4, -0.2) is 31.4 Å². The number of ether oxygens (including phenoxy) is 2. The van der Waals surface area contributed by atoms with Crippen LogP contribution in [-0.2, 0) is 14.3 Å². The smallest absolute Gasteiger partial charge is 0.338 e. The minimum Gasteiger partial charge on any atom is -0.460 e. The molecule has 27 heavy (non-hydrogen) atoms. The van der Waals surface area contributed by atoms with Gasteiger partial charge in [0.2, 0.25) is 0 Å². The molecule has 2 heterocycles. The predicted molar refractivity (Wildman–Crippen MR) is 112 cm³/mol. The summed E-state index contributed by atoms with van der Waals surface area (Å²) in [4.78, 5) is 15.8. The first kappa shape index (κ1) is 19.5. The Labute approximate surface area is 168 Å². The zero-order valence-corrected chi connectivity index (χ0v) is 17.2. The molecule has 1 N–H and O–H groups in total. The number of allylic oxidation sites excluding steroid dienone is 1. The van der Waals surface area contributed by atoms with E-state index in [0.29, 0.717) is 17.3 Å². The SMILES string of the molecule is COCCOC(=O)C1=C(C)N(c2cccc(C)c2)C(=S)N[C@@H]1c1cccs1. The maximum atomic E-state index is 12.9. The number of nitrogens with zero attached hydrogens (tertiary/aromatic N) is 1. The summed E-state index contributed by atoms with van der Waals surface area (Å²) in [6, 6.07) is 11.6. The van der Waals surface area contributed by atoms with Crippen molar-refractivity contribution in [2.45, 2.75) is 19.9 Å². The van der Waals surface area contributed by atoms with E-state index in [1.54, 1.807) is 18.4 Å². The van der Waals surface area contributed by atoms with E-state index in [0.717, 1.165) is 21.8 Å². The van der Waals surface area contributed by atoms with E-state index in [9.17, 15) is 4.79 Å². The molecule has 1 atom stereocenters. The zero-order chi connectivity index (χ0) is 19.4. The van der Waals surface area contributed by atoms with E-state index in [1.807, 2.05) is 60.5 Å². The first-order valence-electron chi connectivity index (χ1n) is 8.60. The predicted octanol–water partition coefficient (Wildman–Crippen LogP) is 3.96. The summed E-state index contributed by atoms with van der Waals surface area (Å²) in [6.45, 7) is 4.49. The Hall–Kier alpha value is -2.22. The van der Waals surface area contributed by atoms with Gasteiger partial charge in [-0.05, 0) is 55.2 Å². The Morgan fingerprint density at radius 1 is 1.26 bits per heavy atom. The van der Waals surface area contributed by atoms with Crippen LogP contribution in [0.1, 0.15) is 23.4 Å². The third kappa shape index (κ3) is 4.21. The van der Waals surface area contributed by atoms with Crippen molar-refractivity contribution in [1.82, 2.24) is 5.32 Å². The molecule has 7 heteroatoms. The monoisotopic (exact) mass is 402 g/mol. The molecule has 0 fully saturated rings. The number of hydrogen-bond acceptors (Lipinski definition) is 5. The van der Waals surface area contributed by atoms with Gasteiger partial charge in [-0.1, -0.05) is 18.2 Å². The second-order valence-electron chi connectivity index (χ2n) is 6.20. The Balaban J connectivity index is 2.04. The minimum absolute atomic E-state index is 0.207. The summed E-state index contributed by atoms with van der Waals surface area (Å²) >= 11 is 7.21. The molecule has 0 saturated carbocycles. The van der Waals surface area contributed by atoms with Gasteiger partial charge in [0.15, 0.2) is 5.11 Å². The summed E-state index contributed by atoms with van der Waals surface area (Å²) in [5.41, 5.74) is 3.36. The van der Waals surface area contributed by atoms with E-state index in [4.69, 9.17) is 21.7 Å². The van der Waals surface area contributed by atoms with Gasteiger partial charge >= 0.3 is 5.97 Å². The fourth-order valence-electron chi connectivity index (χ4n) is 3.05. The van der Waals surface area contributed by atoms with Crippen LogP contribution in [0.4, 0.5) is 5.69 Å². The molecule has 0 saturated heterocycles. The molecular formula is C20H22N2O3S2. The number of esters is 1. The summed E-state index contributed by atoms with van der Waals surface area (Å²) in [5, 5.41) is 5.86. The Morgan fingerprint density at radius 3 is 2.74 bits per heavy atom. The van der Waals surface area contributed by atoms with Crippen molar-refractivity contribution in [3.05, 3.63) is 63.5 Å². The van der Waals surface area contributed by atoms with Crippen molar-refractivity contribution in [1.29, 1.82) is 0 Å². The number of carbonyl (C=O) groups is 1. The highest BCUT2D eigenvalue weighted by Gasteiger charge is 2.35. The number of hydrogen-bond donors (Lipinski definition) is 1. The van der Waals surface area contributed by atoms with Gasteiger partial charge in [-0.15, -0.1) is 11.3 Å². The highest BCUT2D eigenvalue weighted by molar-refractivity contribution is 7.80. The number of methoxy groups -OCH3 is 1. The molecule has 0 bridgehead atoms. The number of rotatable bonds is 6. The van der Waals surface area contributed by atoms with Gasteiger partial charge in [0.25, 0.3) is 0 Å². The van der Waals surface area contributed by atoms with Crippen molar-refractivity contribution in [3.8, 4) is 0 Å². The van der Waals surface area contributed by atoms with E-state index in [2.05, 4.69) is 5.32 Å². The molecule has 0 aliphatic carbocycles. The highest BCUT2D eigenvalue weighted by atomic mass is 32.1. The topological polar surface area (TPSA) is 50.8 Å². The van der Waals surface area contributed by atoms with Gasteiger partial charge in [-0.2, -0.15) is 0 Å². The summed E-state index contributed by atoms with van der Waals surface area (Å²) in [7, 11) is 1.58. The first-order valence-corrected chi connectivity index (χ1v) is 9.89. The van der Waals surface area contributed by atoms with Gasteiger partial charge in [0, 0.05) is 23.4 Å². The van der Waals surface area contributed by atoms with Crippen molar-refractivity contribution in [3.63, 3.8) is 0 Å². The van der Waals surface area contributed by atoms with Crippen molar-refractivity contribution in [2.24, 2.45) is 0 Å². The van der Waals surface area contributed by atoms with Gasteiger partial charge < -0.3 is 14.8 Å². The van der Waals surface area contributed by atoms with Gasteiger partial charge in [0.05, 0.1) is 18.2 Å². The molecule has 3 rings (SSSR count). The molecule has 5 nitrogen and oxygen atoms in total. The largest absolute Gasteiger partial charge is 0.460 e. The molecule has 1 aliphatic rings. The number of nitrogens with one attached hydrogen (secondary N) is 1. The third-order valence-electron chi connectivity index (χ3n) is 4.31. The van der Waals surface area contributed by atoms with Gasteiger partial charge in [0.1, 0.15) is 6.61 Å². The highest BCUT2D eigenvalue weighted by Crippen LogP contribution is 2.35. The molecule has 0 unspecified atom stereocenters. The third-order valence-corrected chi connectivity index (χ3v) is 5.55. The molecule has 0 spiro atoms. The Bertz CT molecular complexity index is 862. The van der Waals surface area contributed by atoms with Crippen LogP contribution >= 0.6 is 23.6 Å². The van der Waals surface area contributed by atoms with Crippen LogP contribution < -0.4 is 10.2 Å². The second kappa shape index (κ2) is 8.65. The van der Waals surface area contributed by atoms with E-state index in [1.165, 1.54) is 0 Å². The average molecular weight is 403 g/mol. The summed E-state index contributed by atoms with van der Waals surface area (Å²) in [6.07, 6.45) is 0. The lowest BCUT2D eigenvalue weighted by atomic mass is 10.00. The van der Waals surface area contributed by atoms with Gasteiger partial charge in [-0.25, -0.2) is 4.79 Å². The molecule has 1 aromatic heterocycles. The lowest BCUT2D eigenvalue weighted by molar-refractivity contribution is -0.140. The number of thiophene rings is 1. The molecular weight excluding hydrogens is 380 g/mol. The van der Waals surface area contributed by atoms with Crippen LogP contribution in [0.3, 0.4) is 0 Å². The van der Waals surface area contributed by atoms with Crippen LogP contribution in [0.2, 0.25) is 0 Å². The molecule has 0 amide bonds. The van der Waals surface area contributed by atoms with Gasteiger partial charge in [-0.3, -0.25) is 4.90 Å². The normalized spacial score (nSPS) is 17.1. The number of thiocarbonyl (C=S) groups is 1. The van der Waals surface area contributed by atoms with Crippen LogP contribution in [0.5, 0.6) is 0 Å². The van der Waals surface area contributed by atoms with Crippen LogP contribution in [0.15, 0.2) is 53.0 Å². The number of aryl methyl sites for hydroxylation is 1. The first-order chi connectivity index (χ1) is 13.0. The molecule has 1 aliphatic heterocycles. The van der Waals surface area contributed by atoms with E-state index >= 15 is 0 Å². The fourth-order valence-corrected chi connectivity index (χ4v) is 4.19. The molecule has 0 radical (unpaired) electrons. The number of anilines is 1. The van der Waals surface area contributed by atoms with E-state index < -0.39 is 0 Å². The summed E-state index contributed by atoms with van der Waals surface area (Å²) < 4.78 is 10.4. The second-order valence-corrected chi connectivity index (χ2v) is 7.57. The number of benzene rings is 1. The van der Waals surface area contributed by atoms with Crippen molar-refractivity contribution in [2.75, 3.05) is 25.2 Å².